The summed E-state index contributed by atoms with van der Waals surface area (Å²) < 4.78 is 39.2. The van der Waals surface area contributed by atoms with Crippen LogP contribution in [0.4, 0.5) is 5.69 Å². The minimum absolute atomic E-state index is 0.133. The lowest BCUT2D eigenvalue weighted by Gasteiger charge is -2.35. The lowest BCUT2D eigenvalue weighted by Crippen LogP contribution is -2.48. The highest BCUT2D eigenvalue weighted by Gasteiger charge is 2.31. The molecule has 1 heterocycles. The predicted molar refractivity (Wildman–Crippen MR) is 116 cm³/mol. The van der Waals surface area contributed by atoms with Crippen molar-refractivity contribution in [2.45, 2.75) is 18.7 Å². The van der Waals surface area contributed by atoms with E-state index in [2.05, 4.69) is 4.90 Å². The molecule has 6 nitrogen and oxygen atoms in total. The van der Waals surface area contributed by atoms with E-state index >= 15 is 0 Å². The summed E-state index contributed by atoms with van der Waals surface area (Å²) in [4.78, 5) is 2.22. The van der Waals surface area contributed by atoms with Crippen molar-refractivity contribution >= 4 is 38.9 Å². The SMILES string of the molecule is CCOc1ccc(OCC)c(S(=O)(=O)N2CCN(c3ccc(Cl)c(Cl)c3)CC2)c1. The summed E-state index contributed by atoms with van der Waals surface area (Å²) in [6, 6.07) is 10.3. The van der Waals surface area contributed by atoms with Crippen molar-refractivity contribution in [2.75, 3.05) is 44.3 Å². The van der Waals surface area contributed by atoms with Gasteiger partial charge in [0.25, 0.3) is 0 Å². The van der Waals surface area contributed by atoms with E-state index in [9.17, 15) is 8.42 Å². The third-order valence-corrected chi connectivity index (χ3v) is 7.31. The van der Waals surface area contributed by atoms with Crippen LogP contribution in [0.25, 0.3) is 0 Å². The molecule has 0 amide bonds. The lowest BCUT2D eigenvalue weighted by atomic mass is 10.2. The molecule has 0 bridgehead atoms. The van der Waals surface area contributed by atoms with Gasteiger partial charge in [0.2, 0.25) is 10.0 Å². The van der Waals surface area contributed by atoms with Crippen LogP contribution >= 0.6 is 23.2 Å². The van der Waals surface area contributed by atoms with Gasteiger partial charge in [-0.2, -0.15) is 4.31 Å². The molecule has 2 aromatic rings. The number of hydrogen-bond donors (Lipinski definition) is 0. The van der Waals surface area contributed by atoms with Gasteiger partial charge in [-0.1, -0.05) is 23.2 Å². The number of ether oxygens (including phenoxy) is 2. The number of halogens is 2. The first-order valence-electron chi connectivity index (χ1n) is 9.46. The smallest absolute Gasteiger partial charge is 0.247 e. The molecule has 1 aliphatic rings. The third kappa shape index (κ3) is 4.91. The molecule has 158 valence electrons. The van der Waals surface area contributed by atoms with Crippen LogP contribution in [-0.2, 0) is 10.0 Å². The topological polar surface area (TPSA) is 59.1 Å². The highest BCUT2D eigenvalue weighted by Crippen LogP contribution is 2.32. The lowest BCUT2D eigenvalue weighted by molar-refractivity contribution is 0.319. The standard InChI is InChI=1S/C20H24Cl2N2O4S/c1-3-27-16-6-8-19(28-4-2)20(14-16)29(25,26)24-11-9-23(10-12-24)15-5-7-17(21)18(22)13-15/h5-8,13-14H,3-4,9-12H2,1-2H3. The first-order valence-corrected chi connectivity index (χ1v) is 11.7. The Morgan fingerprint density at radius 2 is 1.59 bits per heavy atom. The van der Waals surface area contributed by atoms with E-state index in [1.54, 1.807) is 24.3 Å². The first-order chi connectivity index (χ1) is 13.9. The molecule has 3 rings (SSSR count). The average Bonchev–Trinajstić information content (AvgIpc) is 2.71. The molecule has 0 N–H and O–H groups in total. The Morgan fingerprint density at radius 3 is 2.21 bits per heavy atom. The van der Waals surface area contributed by atoms with Gasteiger partial charge in [0.1, 0.15) is 16.4 Å². The molecule has 1 fully saturated rings. The van der Waals surface area contributed by atoms with Gasteiger partial charge in [-0.05, 0) is 44.2 Å². The molecule has 9 heteroatoms. The van der Waals surface area contributed by atoms with Crippen molar-refractivity contribution in [1.29, 1.82) is 0 Å². The summed E-state index contributed by atoms with van der Waals surface area (Å²) in [5.41, 5.74) is 0.921. The van der Waals surface area contributed by atoms with E-state index in [1.807, 2.05) is 19.9 Å². The van der Waals surface area contributed by atoms with E-state index < -0.39 is 10.0 Å². The molecule has 2 aromatic carbocycles. The van der Waals surface area contributed by atoms with Gasteiger partial charge in [-0.25, -0.2) is 8.42 Å². The maximum atomic E-state index is 13.3. The van der Waals surface area contributed by atoms with Crippen LogP contribution < -0.4 is 14.4 Å². The van der Waals surface area contributed by atoms with Gasteiger partial charge in [0.05, 0.1) is 23.3 Å². The van der Waals surface area contributed by atoms with Gasteiger partial charge in [0, 0.05) is 37.9 Å². The second-order valence-corrected chi connectivity index (χ2v) is 9.18. The molecule has 0 aliphatic carbocycles. The van der Waals surface area contributed by atoms with Crippen molar-refractivity contribution < 1.29 is 17.9 Å². The Labute approximate surface area is 182 Å². The predicted octanol–water partition coefficient (Wildman–Crippen LogP) is 4.30. The van der Waals surface area contributed by atoms with Crippen LogP contribution in [0.2, 0.25) is 10.0 Å². The van der Waals surface area contributed by atoms with Crippen molar-refractivity contribution in [2.24, 2.45) is 0 Å². The molecule has 0 atom stereocenters. The fourth-order valence-corrected chi connectivity index (χ4v) is 5.09. The van der Waals surface area contributed by atoms with E-state index in [-0.39, 0.29) is 4.90 Å². The van der Waals surface area contributed by atoms with Crippen LogP contribution in [-0.4, -0.2) is 52.1 Å². The zero-order chi connectivity index (χ0) is 21.0. The fourth-order valence-electron chi connectivity index (χ4n) is 3.23. The van der Waals surface area contributed by atoms with E-state index in [4.69, 9.17) is 32.7 Å². The Kier molecular flexibility index (Phi) is 7.16. The molecular weight excluding hydrogens is 435 g/mol. The van der Waals surface area contributed by atoms with Crippen LogP contribution in [0.1, 0.15) is 13.8 Å². The first kappa shape index (κ1) is 22.0. The van der Waals surface area contributed by atoms with Crippen LogP contribution in [0.5, 0.6) is 11.5 Å². The van der Waals surface area contributed by atoms with Crippen molar-refractivity contribution in [3.05, 3.63) is 46.4 Å². The van der Waals surface area contributed by atoms with Crippen molar-refractivity contribution in [1.82, 2.24) is 4.31 Å². The van der Waals surface area contributed by atoms with Crippen molar-refractivity contribution in [3.63, 3.8) is 0 Å². The fraction of sp³-hybridized carbons (Fsp3) is 0.400. The summed E-state index contributed by atoms with van der Waals surface area (Å²) >= 11 is 12.1. The Bertz CT molecular complexity index is 961. The molecule has 0 unspecified atom stereocenters. The summed E-state index contributed by atoms with van der Waals surface area (Å²) in [5, 5.41) is 0.975. The summed E-state index contributed by atoms with van der Waals surface area (Å²) in [6.07, 6.45) is 0. The maximum absolute atomic E-state index is 13.3. The number of hydrogen-bond acceptors (Lipinski definition) is 5. The van der Waals surface area contributed by atoms with Crippen molar-refractivity contribution in [3.8, 4) is 11.5 Å². The zero-order valence-electron chi connectivity index (χ0n) is 16.4. The van der Waals surface area contributed by atoms with Crippen LogP contribution in [0.3, 0.4) is 0 Å². The van der Waals surface area contributed by atoms with E-state index in [0.717, 1.165) is 5.69 Å². The van der Waals surface area contributed by atoms with Gasteiger partial charge in [-0.3, -0.25) is 0 Å². The van der Waals surface area contributed by atoms with E-state index in [0.29, 0.717) is 60.9 Å². The summed E-state index contributed by atoms with van der Waals surface area (Å²) in [7, 11) is -3.72. The molecule has 0 aromatic heterocycles. The largest absolute Gasteiger partial charge is 0.494 e. The average molecular weight is 459 g/mol. The molecule has 0 saturated carbocycles. The summed E-state index contributed by atoms with van der Waals surface area (Å²) in [5.74, 6) is 0.840. The van der Waals surface area contributed by atoms with E-state index in [1.165, 1.54) is 10.4 Å². The minimum atomic E-state index is -3.72. The number of sulfonamides is 1. The highest BCUT2D eigenvalue weighted by atomic mass is 35.5. The number of rotatable bonds is 7. The molecule has 1 saturated heterocycles. The normalized spacial score (nSPS) is 15.4. The maximum Gasteiger partial charge on any atom is 0.247 e. The molecule has 1 aliphatic heterocycles. The summed E-state index contributed by atoms with van der Waals surface area (Å²) in [6.45, 7) is 6.31. The second kappa shape index (κ2) is 9.43. The minimum Gasteiger partial charge on any atom is -0.494 e. The molecular formula is C20H24Cl2N2O4S. The Morgan fingerprint density at radius 1 is 0.897 bits per heavy atom. The quantitative estimate of drug-likeness (QED) is 0.618. The Hall–Kier alpha value is -1.67. The number of piperazine rings is 1. The second-order valence-electron chi connectivity index (χ2n) is 6.46. The third-order valence-electron chi connectivity index (χ3n) is 4.65. The van der Waals surface area contributed by atoms with Crippen LogP contribution in [0, 0.1) is 0 Å². The monoisotopic (exact) mass is 458 g/mol. The highest BCUT2D eigenvalue weighted by molar-refractivity contribution is 7.89. The molecule has 0 radical (unpaired) electrons. The molecule has 0 spiro atoms. The van der Waals surface area contributed by atoms with Gasteiger partial charge in [-0.15, -0.1) is 0 Å². The zero-order valence-corrected chi connectivity index (χ0v) is 18.7. The van der Waals surface area contributed by atoms with Crippen LogP contribution in [0.15, 0.2) is 41.3 Å². The number of nitrogens with zero attached hydrogens (tertiary/aromatic N) is 2. The van der Waals surface area contributed by atoms with Gasteiger partial charge < -0.3 is 14.4 Å². The Balaban J connectivity index is 1.80. The van der Waals surface area contributed by atoms with Gasteiger partial charge in [0.15, 0.2) is 0 Å². The number of anilines is 1. The number of benzene rings is 2. The molecule has 29 heavy (non-hydrogen) atoms. The van der Waals surface area contributed by atoms with Gasteiger partial charge >= 0.3 is 0 Å².